The highest BCUT2D eigenvalue weighted by atomic mass is 16.5. The minimum atomic E-state index is -0.599. The van der Waals surface area contributed by atoms with E-state index in [0.717, 1.165) is 17.8 Å². The van der Waals surface area contributed by atoms with Crippen LogP contribution < -0.4 is 5.32 Å². The number of amides is 1. The van der Waals surface area contributed by atoms with Crippen LogP contribution in [0.5, 0.6) is 0 Å². The van der Waals surface area contributed by atoms with Gasteiger partial charge in [-0.3, -0.25) is 4.79 Å². The first kappa shape index (κ1) is 15.7. The molecule has 5 heteroatoms. The standard InChI is InChI=1S/C19H25NO4/c1-12(19-8-13-5-14(9-19)7-15(6-13)10-19)20-17(21)11-24-18(22)16-3-2-4-23-16/h2-4,12-15H,5-11H2,1H3,(H,20,21)/t12-,13?,14?,15?,19?/m0/s1. The van der Waals surface area contributed by atoms with Gasteiger partial charge in [-0.15, -0.1) is 0 Å². The zero-order chi connectivity index (χ0) is 16.7. The van der Waals surface area contributed by atoms with Gasteiger partial charge in [-0.1, -0.05) is 0 Å². The van der Waals surface area contributed by atoms with Crippen molar-refractivity contribution < 1.29 is 18.7 Å². The quantitative estimate of drug-likeness (QED) is 0.842. The van der Waals surface area contributed by atoms with Crippen LogP contribution in [0.4, 0.5) is 0 Å². The van der Waals surface area contributed by atoms with Crippen LogP contribution in [0.25, 0.3) is 0 Å². The highest BCUT2D eigenvalue weighted by Gasteiger charge is 2.53. The van der Waals surface area contributed by atoms with E-state index < -0.39 is 5.97 Å². The average molecular weight is 331 g/mol. The topological polar surface area (TPSA) is 68.5 Å². The molecule has 4 fully saturated rings. The van der Waals surface area contributed by atoms with E-state index in [2.05, 4.69) is 12.2 Å². The summed E-state index contributed by atoms with van der Waals surface area (Å²) in [6.45, 7) is 1.87. The first-order chi connectivity index (χ1) is 11.5. The fourth-order valence-corrected chi connectivity index (χ4v) is 5.74. The van der Waals surface area contributed by atoms with Gasteiger partial charge in [0.05, 0.1) is 6.26 Å². The van der Waals surface area contributed by atoms with E-state index in [1.54, 1.807) is 6.07 Å². The van der Waals surface area contributed by atoms with Crippen LogP contribution in [0, 0.1) is 23.2 Å². The van der Waals surface area contributed by atoms with Crippen molar-refractivity contribution in [3.8, 4) is 0 Å². The summed E-state index contributed by atoms with van der Waals surface area (Å²) in [6.07, 6.45) is 9.31. The van der Waals surface area contributed by atoms with E-state index in [1.165, 1.54) is 50.9 Å². The van der Waals surface area contributed by atoms with E-state index in [0.29, 0.717) is 0 Å². The van der Waals surface area contributed by atoms with E-state index in [9.17, 15) is 9.59 Å². The molecular weight excluding hydrogens is 306 g/mol. The Balaban J connectivity index is 1.32. The smallest absolute Gasteiger partial charge is 0.374 e. The molecule has 1 N–H and O–H groups in total. The Bertz CT molecular complexity index is 586. The molecule has 0 aromatic carbocycles. The van der Waals surface area contributed by atoms with Gasteiger partial charge in [0.15, 0.2) is 6.61 Å². The van der Waals surface area contributed by atoms with Gasteiger partial charge in [-0.05, 0) is 80.8 Å². The molecule has 1 heterocycles. The molecule has 4 aliphatic rings. The molecule has 1 aromatic heterocycles. The van der Waals surface area contributed by atoms with Gasteiger partial charge < -0.3 is 14.5 Å². The molecule has 1 atom stereocenters. The van der Waals surface area contributed by atoms with Gasteiger partial charge in [0.1, 0.15) is 0 Å². The Hall–Kier alpha value is -1.78. The molecule has 5 nitrogen and oxygen atoms in total. The van der Waals surface area contributed by atoms with E-state index in [4.69, 9.17) is 9.15 Å². The monoisotopic (exact) mass is 331 g/mol. The zero-order valence-electron chi connectivity index (χ0n) is 14.1. The number of furan rings is 1. The van der Waals surface area contributed by atoms with Crippen molar-refractivity contribution in [2.45, 2.75) is 51.5 Å². The van der Waals surface area contributed by atoms with Crippen LogP contribution in [0.3, 0.4) is 0 Å². The van der Waals surface area contributed by atoms with Gasteiger partial charge in [0.25, 0.3) is 5.91 Å². The molecule has 130 valence electrons. The third-order valence-electron chi connectivity index (χ3n) is 6.44. The number of hydrogen-bond acceptors (Lipinski definition) is 4. The summed E-state index contributed by atoms with van der Waals surface area (Å²) >= 11 is 0. The number of rotatable bonds is 5. The van der Waals surface area contributed by atoms with Crippen LogP contribution in [-0.4, -0.2) is 24.5 Å². The number of nitrogens with one attached hydrogen (secondary N) is 1. The number of ether oxygens (including phenoxy) is 1. The van der Waals surface area contributed by atoms with Crippen molar-refractivity contribution in [2.75, 3.05) is 6.61 Å². The Kier molecular flexibility index (Phi) is 3.89. The number of carbonyl (C=O) groups excluding carboxylic acids is 2. The predicted octanol–water partition coefficient (Wildman–Crippen LogP) is 3.16. The van der Waals surface area contributed by atoms with Crippen LogP contribution in [0.1, 0.15) is 56.0 Å². The summed E-state index contributed by atoms with van der Waals surface area (Å²) in [4.78, 5) is 23.9. The SMILES string of the molecule is C[C@H](NC(=O)COC(=O)c1ccco1)C12CC3CC(CC(C3)C1)C2. The molecule has 0 radical (unpaired) electrons. The second kappa shape index (κ2) is 5.94. The highest BCUT2D eigenvalue weighted by molar-refractivity contribution is 5.88. The van der Waals surface area contributed by atoms with Crippen molar-refractivity contribution in [1.82, 2.24) is 5.32 Å². The molecule has 0 spiro atoms. The van der Waals surface area contributed by atoms with Gasteiger partial charge in [0.2, 0.25) is 5.76 Å². The van der Waals surface area contributed by atoms with Gasteiger partial charge >= 0.3 is 5.97 Å². The molecule has 0 aliphatic heterocycles. The minimum absolute atomic E-state index is 0.122. The maximum absolute atomic E-state index is 12.2. The van der Waals surface area contributed by atoms with Crippen LogP contribution in [0.15, 0.2) is 22.8 Å². The summed E-state index contributed by atoms with van der Waals surface area (Å²) in [5, 5.41) is 3.09. The normalized spacial score (nSPS) is 34.8. The second-order valence-electron chi connectivity index (χ2n) is 8.12. The van der Waals surface area contributed by atoms with Crippen molar-refractivity contribution >= 4 is 11.9 Å². The lowest BCUT2D eigenvalue weighted by Gasteiger charge is -2.59. The lowest BCUT2D eigenvalue weighted by Crippen LogP contribution is -2.56. The number of hydrogen-bond donors (Lipinski definition) is 1. The molecule has 1 amide bonds. The molecule has 5 rings (SSSR count). The van der Waals surface area contributed by atoms with Crippen molar-refractivity contribution in [2.24, 2.45) is 23.2 Å². The Morgan fingerprint density at radius 2 is 1.88 bits per heavy atom. The summed E-state index contributed by atoms with van der Waals surface area (Å²) in [6, 6.07) is 3.28. The Morgan fingerprint density at radius 3 is 2.42 bits per heavy atom. The van der Waals surface area contributed by atoms with Crippen LogP contribution in [-0.2, 0) is 9.53 Å². The molecular formula is C19H25NO4. The molecule has 0 saturated heterocycles. The van der Waals surface area contributed by atoms with Gasteiger partial charge in [-0.2, -0.15) is 0 Å². The predicted molar refractivity (Wildman–Crippen MR) is 87.2 cm³/mol. The second-order valence-corrected chi connectivity index (χ2v) is 8.12. The number of esters is 1. The molecule has 24 heavy (non-hydrogen) atoms. The molecule has 4 aliphatic carbocycles. The summed E-state index contributed by atoms with van der Waals surface area (Å²) in [5.74, 6) is 1.86. The summed E-state index contributed by atoms with van der Waals surface area (Å²) in [5.41, 5.74) is 0.259. The molecule has 4 saturated carbocycles. The van der Waals surface area contributed by atoms with E-state index >= 15 is 0 Å². The van der Waals surface area contributed by atoms with Gasteiger partial charge in [0, 0.05) is 6.04 Å². The Morgan fingerprint density at radius 1 is 1.25 bits per heavy atom. The molecule has 1 aromatic rings. The first-order valence-corrected chi connectivity index (χ1v) is 9.04. The Labute approximate surface area is 142 Å². The fraction of sp³-hybridized carbons (Fsp3) is 0.684. The van der Waals surface area contributed by atoms with Crippen molar-refractivity contribution in [1.29, 1.82) is 0 Å². The van der Waals surface area contributed by atoms with Crippen molar-refractivity contribution in [3.63, 3.8) is 0 Å². The van der Waals surface area contributed by atoms with Gasteiger partial charge in [-0.25, -0.2) is 4.79 Å². The van der Waals surface area contributed by atoms with Crippen LogP contribution in [0.2, 0.25) is 0 Å². The zero-order valence-corrected chi connectivity index (χ0v) is 14.1. The van der Waals surface area contributed by atoms with Crippen molar-refractivity contribution in [3.05, 3.63) is 24.2 Å². The third-order valence-corrected chi connectivity index (χ3v) is 6.44. The minimum Gasteiger partial charge on any atom is -0.457 e. The summed E-state index contributed by atoms with van der Waals surface area (Å²) in [7, 11) is 0. The molecule has 4 bridgehead atoms. The number of carbonyl (C=O) groups is 2. The maximum Gasteiger partial charge on any atom is 0.374 e. The highest BCUT2D eigenvalue weighted by Crippen LogP contribution is 2.61. The first-order valence-electron chi connectivity index (χ1n) is 9.04. The average Bonchev–Trinajstić information content (AvgIpc) is 3.05. The lowest BCUT2D eigenvalue weighted by molar-refractivity contribution is -0.128. The molecule has 0 unspecified atom stereocenters. The van der Waals surface area contributed by atoms with Crippen LogP contribution >= 0.6 is 0 Å². The third kappa shape index (κ3) is 2.85. The largest absolute Gasteiger partial charge is 0.457 e. The van der Waals surface area contributed by atoms with E-state index in [-0.39, 0.29) is 29.7 Å². The maximum atomic E-state index is 12.2. The lowest BCUT2D eigenvalue weighted by atomic mass is 9.48. The fourth-order valence-electron chi connectivity index (χ4n) is 5.74. The van der Waals surface area contributed by atoms with E-state index in [1.807, 2.05) is 0 Å². The summed E-state index contributed by atoms with van der Waals surface area (Å²) < 4.78 is 9.99.